The van der Waals surface area contributed by atoms with Crippen molar-refractivity contribution in [3.8, 4) is 5.75 Å². The average Bonchev–Trinajstić information content (AvgIpc) is 2.95. The van der Waals surface area contributed by atoms with Crippen LogP contribution in [0.4, 0.5) is 5.69 Å². The maximum Gasteiger partial charge on any atom is 0.251 e. The number of benzene rings is 3. The molecule has 1 fully saturated rings. The quantitative estimate of drug-likeness (QED) is 0.198. The Hall–Kier alpha value is -3.35. The van der Waals surface area contributed by atoms with E-state index in [9.17, 15) is 4.79 Å². The molecule has 0 bridgehead atoms. The topological polar surface area (TPSA) is 91.4 Å². The van der Waals surface area contributed by atoms with Gasteiger partial charge in [-0.2, -0.15) is 0 Å². The lowest BCUT2D eigenvalue weighted by atomic mass is 9.93. The summed E-state index contributed by atoms with van der Waals surface area (Å²) in [6.07, 6.45) is 4.54. The van der Waals surface area contributed by atoms with Crippen molar-refractivity contribution in [3.63, 3.8) is 0 Å². The summed E-state index contributed by atoms with van der Waals surface area (Å²) in [4.78, 5) is 15.2. The molecule has 1 aliphatic heterocycles. The van der Waals surface area contributed by atoms with Crippen LogP contribution in [0.1, 0.15) is 80.4 Å². The monoisotopic (exact) mass is 562 g/mol. The first-order valence-corrected chi connectivity index (χ1v) is 14.5. The van der Waals surface area contributed by atoms with Gasteiger partial charge in [-0.3, -0.25) is 10.2 Å². The molecule has 1 saturated heterocycles. The van der Waals surface area contributed by atoms with Gasteiger partial charge in [-0.25, -0.2) is 0 Å². The van der Waals surface area contributed by atoms with Gasteiger partial charge in [0.15, 0.2) is 0 Å². The SMILES string of the molecule is CCC.CCC1CC(Oc2ccc(C(=N)c3cc(C(=O)NCc4ccccc4Cl)ccc3N)cc2)CC(C)N1C. The lowest BCUT2D eigenvalue weighted by molar-refractivity contribution is 0.0344. The molecule has 214 valence electrons. The Labute approximate surface area is 244 Å². The van der Waals surface area contributed by atoms with Crippen molar-refractivity contribution in [2.24, 2.45) is 0 Å². The van der Waals surface area contributed by atoms with Gasteiger partial charge in [0, 0.05) is 46.0 Å². The van der Waals surface area contributed by atoms with Crippen LogP contribution in [0.25, 0.3) is 0 Å². The fourth-order valence-electron chi connectivity index (χ4n) is 4.90. The molecule has 1 aliphatic rings. The number of carbonyl (C=O) groups excluding carboxylic acids is 1. The molecule has 3 aromatic carbocycles. The van der Waals surface area contributed by atoms with Crippen molar-refractivity contribution in [1.29, 1.82) is 5.41 Å². The van der Waals surface area contributed by atoms with Crippen LogP contribution in [0, 0.1) is 5.41 Å². The Morgan fingerprint density at radius 3 is 2.35 bits per heavy atom. The van der Waals surface area contributed by atoms with E-state index in [1.807, 2.05) is 42.5 Å². The normalized spacial score (nSPS) is 18.8. The predicted molar refractivity (Wildman–Crippen MR) is 167 cm³/mol. The molecule has 3 atom stereocenters. The van der Waals surface area contributed by atoms with E-state index in [1.54, 1.807) is 24.3 Å². The van der Waals surface area contributed by atoms with E-state index < -0.39 is 0 Å². The zero-order valence-corrected chi connectivity index (χ0v) is 25.1. The van der Waals surface area contributed by atoms with Crippen molar-refractivity contribution >= 4 is 28.9 Å². The number of halogens is 1. The van der Waals surface area contributed by atoms with E-state index in [1.165, 1.54) is 6.42 Å². The Balaban J connectivity index is 0.00000141. The van der Waals surface area contributed by atoms with Gasteiger partial charge in [0.2, 0.25) is 0 Å². The number of hydrogen-bond acceptors (Lipinski definition) is 5. The molecule has 0 spiro atoms. The molecular formula is C33H43ClN4O2. The number of nitrogens with one attached hydrogen (secondary N) is 2. The van der Waals surface area contributed by atoms with E-state index in [0.29, 0.717) is 46.0 Å². The van der Waals surface area contributed by atoms with E-state index in [4.69, 9.17) is 27.5 Å². The van der Waals surface area contributed by atoms with Gasteiger partial charge in [-0.05, 0) is 87.3 Å². The third-order valence-electron chi connectivity index (χ3n) is 7.31. The van der Waals surface area contributed by atoms with Crippen molar-refractivity contribution in [2.45, 2.75) is 78.1 Å². The van der Waals surface area contributed by atoms with Crippen LogP contribution in [-0.4, -0.2) is 41.8 Å². The standard InChI is InChI=1S/C30H35ClN4O2.C3H8/c1-4-23-17-25(15-19(2)35(23)3)37-24-12-9-20(10-13-24)29(33)26-16-21(11-14-28(26)32)30(36)34-18-22-7-5-6-8-27(22)31;1-3-2/h5-14,16,19,23,25,33H,4,15,17-18,32H2,1-3H3,(H,34,36);3H2,1-2H3. The summed E-state index contributed by atoms with van der Waals surface area (Å²) in [5, 5.41) is 12.3. The van der Waals surface area contributed by atoms with Crippen molar-refractivity contribution in [2.75, 3.05) is 12.8 Å². The van der Waals surface area contributed by atoms with Crippen molar-refractivity contribution in [1.82, 2.24) is 10.2 Å². The maximum absolute atomic E-state index is 12.8. The summed E-state index contributed by atoms with van der Waals surface area (Å²) < 4.78 is 6.31. The molecule has 6 nitrogen and oxygen atoms in total. The summed E-state index contributed by atoms with van der Waals surface area (Å²) in [5.41, 5.74) is 9.38. The number of anilines is 1. The molecule has 3 aromatic rings. The van der Waals surface area contributed by atoms with Gasteiger partial charge >= 0.3 is 0 Å². The molecule has 0 aliphatic carbocycles. The fraction of sp³-hybridized carbons (Fsp3) is 0.394. The highest BCUT2D eigenvalue weighted by Gasteiger charge is 2.31. The van der Waals surface area contributed by atoms with E-state index in [0.717, 1.165) is 30.6 Å². The summed E-state index contributed by atoms with van der Waals surface area (Å²) in [6.45, 7) is 9.03. The molecule has 1 amide bonds. The first-order valence-electron chi connectivity index (χ1n) is 14.2. The molecule has 1 heterocycles. The molecule has 4 rings (SSSR count). The summed E-state index contributed by atoms with van der Waals surface area (Å²) in [7, 11) is 2.19. The minimum atomic E-state index is -0.254. The molecule has 7 heteroatoms. The van der Waals surface area contributed by atoms with Gasteiger partial charge in [0.1, 0.15) is 11.9 Å². The zero-order valence-electron chi connectivity index (χ0n) is 24.3. The number of rotatable bonds is 8. The second kappa shape index (κ2) is 14.9. The molecule has 0 radical (unpaired) electrons. The minimum absolute atomic E-state index is 0.179. The van der Waals surface area contributed by atoms with Gasteiger partial charge in [-0.15, -0.1) is 0 Å². The number of nitrogen functional groups attached to an aromatic ring is 1. The van der Waals surface area contributed by atoms with Crippen LogP contribution in [-0.2, 0) is 6.54 Å². The van der Waals surface area contributed by atoms with E-state index >= 15 is 0 Å². The lowest BCUT2D eigenvalue weighted by Gasteiger charge is -2.41. The number of piperidine rings is 1. The number of carbonyl (C=O) groups is 1. The molecule has 40 heavy (non-hydrogen) atoms. The number of amides is 1. The van der Waals surface area contributed by atoms with Crippen LogP contribution in [0.5, 0.6) is 5.75 Å². The van der Waals surface area contributed by atoms with Gasteiger partial charge in [0.05, 0.1) is 5.71 Å². The number of likely N-dealkylation sites (tertiary alicyclic amines) is 1. The average molecular weight is 563 g/mol. The highest BCUT2D eigenvalue weighted by atomic mass is 35.5. The maximum atomic E-state index is 12.8. The van der Waals surface area contributed by atoms with Crippen LogP contribution >= 0.6 is 11.6 Å². The Kier molecular flexibility index (Phi) is 11.6. The number of ether oxygens (including phenoxy) is 1. The smallest absolute Gasteiger partial charge is 0.251 e. The molecular weight excluding hydrogens is 520 g/mol. The highest BCUT2D eigenvalue weighted by Crippen LogP contribution is 2.28. The Morgan fingerprint density at radius 2 is 1.70 bits per heavy atom. The third kappa shape index (κ3) is 8.09. The second-order valence-corrected chi connectivity index (χ2v) is 10.9. The molecule has 4 N–H and O–H groups in total. The van der Waals surface area contributed by atoms with Gasteiger partial charge in [0.25, 0.3) is 5.91 Å². The summed E-state index contributed by atoms with van der Waals surface area (Å²) in [5.74, 6) is 0.546. The molecule has 0 aromatic heterocycles. The van der Waals surface area contributed by atoms with E-state index in [2.05, 4.69) is 45.0 Å². The van der Waals surface area contributed by atoms with Crippen LogP contribution in [0.2, 0.25) is 5.02 Å². The van der Waals surface area contributed by atoms with Crippen LogP contribution < -0.4 is 15.8 Å². The van der Waals surface area contributed by atoms with E-state index in [-0.39, 0.29) is 17.7 Å². The van der Waals surface area contributed by atoms with Crippen LogP contribution in [0.15, 0.2) is 66.7 Å². The number of nitrogens with zero attached hydrogens (tertiary/aromatic N) is 1. The molecule has 3 unspecified atom stereocenters. The largest absolute Gasteiger partial charge is 0.490 e. The summed E-state index contributed by atoms with van der Waals surface area (Å²) >= 11 is 6.19. The minimum Gasteiger partial charge on any atom is -0.490 e. The number of hydrogen-bond donors (Lipinski definition) is 3. The van der Waals surface area contributed by atoms with Crippen LogP contribution in [0.3, 0.4) is 0 Å². The van der Waals surface area contributed by atoms with Gasteiger partial charge in [-0.1, -0.05) is 57.0 Å². The van der Waals surface area contributed by atoms with Gasteiger partial charge < -0.3 is 20.7 Å². The highest BCUT2D eigenvalue weighted by molar-refractivity contribution is 6.31. The number of nitrogens with two attached hydrogens (primary N) is 1. The lowest BCUT2D eigenvalue weighted by Crippen LogP contribution is -2.48. The first-order chi connectivity index (χ1) is 19.2. The first kappa shape index (κ1) is 31.2. The fourth-order valence-corrected chi connectivity index (χ4v) is 5.11. The second-order valence-electron chi connectivity index (χ2n) is 10.5. The predicted octanol–water partition coefficient (Wildman–Crippen LogP) is 7.32. The van der Waals surface area contributed by atoms with Crippen molar-refractivity contribution in [3.05, 3.63) is 94.0 Å². The summed E-state index contributed by atoms with van der Waals surface area (Å²) in [6, 6.07) is 20.9. The third-order valence-corrected chi connectivity index (χ3v) is 7.68. The molecule has 0 saturated carbocycles. The van der Waals surface area contributed by atoms with Crippen molar-refractivity contribution < 1.29 is 9.53 Å². The Bertz CT molecular complexity index is 1280. The zero-order chi connectivity index (χ0) is 29.2. The Morgan fingerprint density at radius 1 is 1.05 bits per heavy atom.